The number of rotatable bonds is 4. The maximum Gasteiger partial charge on any atom is 0.162 e. The third-order valence-electron chi connectivity index (χ3n) is 4.32. The Morgan fingerprint density at radius 1 is 1.58 bits per heavy atom. The first-order chi connectivity index (χ1) is 9.01. The summed E-state index contributed by atoms with van der Waals surface area (Å²) in [6.45, 7) is 6.37. The van der Waals surface area contributed by atoms with E-state index in [1.807, 2.05) is 4.68 Å². The predicted molar refractivity (Wildman–Crippen MR) is 75.3 cm³/mol. The molecule has 1 aliphatic carbocycles. The molecule has 1 aromatic rings. The second-order valence-electron chi connectivity index (χ2n) is 6.00. The molecule has 0 saturated heterocycles. The van der Waals surface area contributed by atoms with Crippen LogP contribution in [0.1, 0.15) is 64.6 Å². The molecule has 0 spiro atoms. The fourth-order valence-corrected chi connectivity index (χ4v) is 3.26. The Hall–Kier alpha value is -1.03. The van der Waals surface area contributed by atoms with Crippen molar-refractivity contribution in [3.05, 3.63) is 11.9 Å². The maximum absolute atomic E-state index is 11.1. The molecule has 0 bridgehead atoms. The molecule has 0 radical (unpaired) electrons. The number of ether oxygens (including phenoxy) is 1. The van der Waals surface area contributed by atoms with Crippen molar-refractivity contribution in [2.24, 2.45) is 5.92 Å². The average molecular weight is 266 g/mol. The van der Waals surface area contributed by atoms with Crippen LogP contribution in [0.25, 0.3) is 0 Å². The lowest BCUT2D eigenvalue weighted by Crippen LogP contribution is -2.35. The molecule has 1 fully saturated rings. The van der Waals surface area contributed by atoms with Gasteiger partial charge in [-0.2, -0.15) is 5.10 Å². The summed E-state index contributed by atoms with van der Waals surface area (Å²) in [4.78, 5) is 0. The Labute approximate surface area is 115 Å². The Balaban J connectivity index is 2.40. The highest BCUT2D eigenvalue weighted by Gasteiger charge is 2.40. The minimum absolute atomic E-state index is 0.227. The van der Waals surface area contributed by atoms with E-state index in [2.05, 4.69) is 25.9 Å². The van der Waals surface area contributed by atoms with Gasteiger partial charge in [-0.1, -0.05) is 19.8 Å². The number of hydrogen-bond donors (Lipinski definition) is 1. The van der Waals surface area contributed by atoms with E-state index < -0.39 is 5.60 Å². The summed E-state index contributed by atoms with van der Waals surface area (Å²) >= 11 is 0. The minimum atomic E-state index is -0.787. The van der Waals surface area contributed by atoms with Gasteiger partial charge in [0.05, 0.1) is 13.3 Å². The summed E-state index contributed by atoms with van der Waals surface area (Å²) in [6.07, 6.45) is 6.76. The van der Waals surface area contributed by atoms with Crippen LogP contribution in [0.5, 0.6) is 5.75 Å². The average Bonchev–Trinajstić information content (AvgIpc) is 2.83. The lowest BCUT2D eigenvalue weighted by molar-refractivity contribution is -0.0315. The molecule has 1 heterocycles. The van der Waals surface area contributed by atoms with E-state index in [9.17, 15) is 5.11 Å². The first-order valence-corrected chi connectivity index (χ1v) is 7.36. The highest BCUT2D eigenvalue weighted by Crippen LogP contribution is 2.44. The standard InChI is InChI=1S/C15H26N2O2/c1-5-12-7-6-8-15(18,9-12)14-13(19-4)10-16-17(14)11(2)3/h10-12,18H,5-9H2,1-4H3. The van der Waals surface area contributed by atoms with E-state index >= 15 is 0 Å². The highest BCUT2D eigenvalue weighted by molar-refractivity contribution is 5.31. The van der Waals surface area contributed by atoms with Gasteiger partial charge in [0.15, 0.2) is 5.75 Å². The van der Waals surface area contributed by atoms with Gasteiger partial charge in [-0.25, -0.2) is 0 Å². The number of hydrogen-bond acceptors (Lipinski definition) is 3. The van der Waals surface area contributed by atoms with Crippen LogP contribution in [-0.4, -0.2) is 22.0 Å². The zero-order valence-electron chi connectivity index (χ0n) is 12.5. The van der Waals surface area contributed by atoms with Crippen molar-refractivity contribution in [3.8, 4) is 5.75 Å². The summed E-state index contributed by atoms with van der Waals surface area (Å²) in [5.41, 5.74) is 0.0774. The summed E-state index contributed by atoms with van der Waals surface area (Å²) < 4.78 is 7.33. The third-order valence-corrected chi connectivity index (χ3v) is 4.32. The molecule has 108 valence electrons. The van der Waals surface area contributed by atoms with Crippen molar-refractivity contribution in [2.45, 2.75) is 64.5 Å². The Kier molecular flexibility index (Phi) is 4.19. The Morgan fingerprint density at radius 3 is 2.89 bits per heavy atom. The van der Waals surface area contributed by atoms with E-state index in [1.54, 1.807) is 13.3 Å². The Morgan fingerprint density at radius 2 is 2.32 bits per heavy atom. The highest BCUT2D eigenvalue weighted by atomic mass is 16.5. The van der Waals surface area contributed by atoms with Crippen LogP contribution in [0.15, 0.2) is 6.20 Å². The van der Waals surface area contributed by atoms with Gasteiger partial charge in [-0.05, 0) is 39.0 Å². The maximum atomic E-state index is 11.1. The summed E-state index contributed by atoms with van der Waals surface area (Å²) in [6, 6.07) is 0.227. The second kappa shape index (κ2) is 5.53. The zero-order valence-corrected chi connectivity index (χ0v) is 12.5. The van der Waals surface area contributed by atoms with Crippen LogP contribution in [0.3, 0.4) is 0 Å². The van der Waals surface area contributed by atoms with Crippen LogP contribution >= 0.6 is 0 Å². The number of aromatic nitrogens is 2. The van der Waals surface area contributed by atoms with E-state index in [0.29, 0.717) is 11.7 Å². The van der Waals surface area contributed by atoms with Crippen LogP contribution in [-0.2, 0) is 5.60 Å². The normalized spacial score (nSPS) is 27.8. The summed E-state index contributed by atoms with van der Waals surface area (Å²) in [5.74, 6) is 1.31. The third kappa shape index (κ3) is 2.64. The molecule has 4 heteroatoms. The van der Waals surface area contributed by atoms with E-state index in [0.717, 1.165) is 31.4 Å². The van der Waals surface area contributed by atoms with Crippen LogP contribution in [0, 0.1) is 5.92 Å². The molecule has 2 atom stereocenters. The van der Waals surface area contributed by atoms with Gasteiger partial charge >= 0.3 is 0 Å². The lowest BCUT2D eigenvalue weighted by Gasteiger charge is -2.37. The van der Waals surface area contributed by atoms with Gasteiger partial charge in [0.25, 0.3) is 0 Å². The van der Waals surface area contributed by atoms with Gasteiger partial charge in [0.2, 0.25) is 0 Å². The van der Waals surface area contributed by atoms with E-state index in [4.69, 9.17) is 4.74 Å². The molecule has 1 saturated carbocycles. The fraction of sp³-hybridized carbons (Fsp3) is 0.800. The molecule has 1 aromatic heterocycles. The van der Waals surface area contributed by atoms with Gasteiger partial charge in [0, 0.05) is 6.04 Å². The molecule has 0 amide bonds. The molecule has 1 aliphatic rings. The monoisotopic (exact) mass is 266 g/mol. The predicted octanol–water partition coefficient (Wildman–Crippen LogP) is 3.26. The van der Waals surface area contributed by atoms with Crippen LogP contribution in [0.4, 0.5) is 0 Å². The van der Waals surface area contributed by atoms with Crippen molar-refractivity contribution in [1.82, 2.24) is 9.78 Å². The van der Waals surface area contributed by atoms with Crippen molar-refractivity contribution < 1.29 is 9.84 Å². The van der Waals surface area contributed by atoms with Gasteiger partial charge in [0.1, 0.15) is 11.3 Å². The van der Waals surface area contributed by atoms with Crippen molar-refractivity contribution in [1.29, 1.82) is 0 Å². The minimum Gasteiger partial charge on any atom is -0.493 e. The molecular formula is C15H26N2O2. The fourth-order valence-electron chi connectivity index (χ4n) is 3.26. The number of nitrogens with zero attached hydrogens (tertiary/aromatic N) is 2. The SMILES string of the molecule is CCC1CCCC(O)(c2c(OC)cnn2C(C)C)C1. The number of aliphatic hydroxyl groups is 1. The number of methoxy groups -OCH3 is 1. The van der Waals surface area contributed by atoms with Crippen LogP contribution < -0.4 is 4.74 Å². The molecule has 19 heavy (non-hydrogen) atoms. The summed E-state index contributed by atoms with van der Waals surface area (Å²) in [7, 11) is 1.65. The zero-order chi connectivity index (χ0) is 14.0. The summed E-state index contributed by atoms with van der Waals surface area (Å²) in [5, 5.41) is 15.5. The second-order valence-corrected chi connectivity index (χ2v) is 6.00. The lowest BCUT2D eigenvalue weighted by atomic mass is 9.75. The first kappa shape index (κ1) is 14.4. The molecule has 2 rings (SSSR count). The molecule has 1 N–H and O–H groups in total. The van der Waals surface area contributed by atoms with Gasteiger partial charge < -0.3 is 9.84 Å². The van der Waals surface area contributed by atoms with Crippen molar-refractivity contribution in [2.75, 3.05) is 7.11 Å². The molecule has 0 aliphatic heterocycles. The largest absolute Gasteiger partial charge is 0.493 e. The van der Waals surface area contributed by atoms with E-state index in [1.165, 1.54) is 6.42 Å². The van der Waals surface area contributed by atoms with Gasteiger partial charge in [-0.15, -0.1) is 0 Å². The molecule has 2 unspecified atom stereocenters. The topological polar surface area (TPSA) is 47.3 Å². The smallest absolute Gasteiger partial charge is 0.162 e. The van der Waals surface area contributed by atoms with Crippen LogP contribution in [0.2, 0.25) is 0 Å². The quantitative estimate of drug-likeness (QED) is 0.910. The molecular weight excluding hydrogens is 240 g/mol. The molecule has 4 nitrogen and oxygen atoms in total. The Bertz CT molecular complexity index is 428. The van der Waals surface area contributed by atoms with Crippen molar-refractivity contribution in [3.63, 3.8) is 0 Å². The first-order valence-electron chi connectivity index (χ1n) is 7.36. The molecule has 0 aromatic carbocycles. The van der Waals surface area contributed by atoms with E-state index in [-0.39, 0.29) is 6.04 Å². The van der Waals surface area contributed by atoms with Gasteiger partial charge in [-0.3, -0.25) is 4.68 Å². The van der Waals surface area contributed by atoms with Crippen molar-refractivity contribution >= 4 is 0 Å².